The van der Waals surface area contributed by atoms with Gasteiger partial charge in [0.25, 0.3) is 0 Å². The van der Waals surface area contributed by atoms with Gasteiger partial charge < -0.3 is 11.5 Å². The van der Waals surface area contributed by atoms with Gasteiger partial charge in [-0.3, -0.25) is 4.72 Å². The molecule has 0 heterocycles. The van der Waals surface area contributed by atoms with Crippen molar-refractivity contribution in [1.82, 2.24) is 0 Å². The molecule has 5 nitrogen and oxygen atoms in total. The van der Waals surface area contributed by atoms with Gasteiger partial charge in [-0.15, -0.1) is 0 Å². The summed E-state index contributed by atoms with van der Waals surface area (Å²) in [4.78, 5) is 0. The number of sulfonamides is 1. The molecule has 0 saturated carbocycles. The second kappa shape index (κ2) is 3.80. The molecule has 0 saturated heterocycles. The summed E-state index contributed by atoms with van der Waals surface area (Å²) in [5.74, 6) is 0. The molecule has 1 aromatic rings. The number of nitrogens with one attached hydrogen (secondary N) is 1. The van der Waals surface area contributed by atoms with Crippen LogP contribution in [-0.2, 0) is 15.7 Å². The molecule has 0 aliphatic carbocycles. The molecule has 5 N–H and O–H groups in total. The van der Waals surface area contributed by atoms with Crippen molar-refractivity contribution in [1.29, 1.82) is 0 Å². The number of rotatable bonds is 3. The summed E-state index contributed by atoms with van der Waals surface area (Å²) in [5.41, 5.74) is 11.5. The summed E-state index contributed by atoms with van der Waals surface area (Å²) in [6, 6.07) is 6.69. The molecule has 0 aromatic heterocycles. The molecule has 0 aliphatic heterocycles. The highest BCUT2D eigenvalue weighted by Crippen LogP contribution is 2.17. The van der Waals surface area contributed by atoms with Gasteiger partial charge in [0.05, 0.1) is 11.9 Å². The zero-order chi connectivity index (χ0) is 11.7. The lowest BCUT2D eigenvalue weighted by Crippen LogP contribution is -2.42. The third kappa shape index (κ3) is 3.86. The van der Waals surface area contributed by atoms with Crippen molar-refractivity contribution < 1.29 is 8.42 Å². The number of hydrogen-bond acceptors (Lipinski definition) is 4. The summed E-state index contributed by atoms with van der Waals surface area (Å²) in [5, 5.41) is 0. The molecular weight excluding hydrogens is 214 g/mol. The second-order valence-corrected chi connectivity index (χ2v) is 5.49. The summed E-state index contributed by atoms with van der Waals surface area (Å²) >= 11 is 0. The van der Waals surface area contributed by atoms with E-state index in [1.54, 1.807) is 31.2 Å². The molecule has 1 rings (SSSR count). The fraction of sp³-hybridized carbons (Fsp3) is 0.333. The summed E-state index contributed by atoms with van der Waals surface area (Å²) in [7, 11) is -3.27. The van der Waals surface area contributed by atoms with E-state index in [0.717, 1.165) is 6.26 Å². The van der Waals surface area contributed by atoms with E-state index >= 15 is 0 Å². The van der Waals surface area contributed by atoms with Crippen molar-refractivity contribution in [3.8, 4) is 0 Å². The van der Waals surface area contributed by atoms with Crippen molar-refractivity contribution in [2.75, 3.05) is 11.0 Å². The minimum Gasteiger partial charge on any atom is -0.310 e. The third-order valence-electron chi connectivity index (χ3n) is 1.79. The maximum absolute atomic E-state index is 11.0. The van der Waals surface area contributed by atoms with E-state index in [1.807, 2.05) is 0 Å². The van der Waals surface area contributed by atoms with E-state index in [0.29, 0.717) is 11.3 Å². The zero-order valence-corrected chi connectivity index (χ0v) is 9.51. The predicted octanol–water partition coefficient (Wildman–Crippen LogP) is 0.148. The number of benzene rings is 1. The van der Waals surface area contributed by atoms with Crippen LogP contribution >= 0.6 is 0 Å². The van der Waals surface area contributed by atoms with Crippen LogP contribution in [0.4, 0.5) is 5.69 Å². The van der Waals surface area contributed by atoms with Crippen LogP contribution in [0, 0.1) is 0 Å². The maximum Gasteiger partial charge on any atom is 0.229 e. The Kier molecular flexibility index (Phi) is 3.03. The smallest absolute Gasteiger partial charge is 0.229 e. The number of nitrogens with two attached hydrogens (primary N) is 2. The molecule has 0 unspecified atom stereocenters. The van der Waals surface area contributed by atoms with Gasteiger partial charge >= 0.3 is 0 Å². The normalized spacial score (nSPS) is 12.5. The lowest BCUT2D eigenvalue weighted by Gasteiger charge is -2.19. The van der Waals surface area contributed by atoms with Crippen molar-refractivity contribution >= 4 is 15.7 Å². The van der Waals surface area contributed by atoms with Crippen LogP contribution in [0.15, 0.2) is 24.3 Å². The minimum absolute atomic E-state index is 0.456. The monoisotopic (exact) mass is 229 g/mol. The van der Waals surface area contributed by atoms with Crippen LogP contribution in [0.1, 0.15) is 12.5 Å². The van der Waals surface area contributed by atoms with Gasteiger partial charge in [-0.2, -0.15) is 0 Å². The molecule has 0 atom stereocenters. The third-order valence-corrected chi connectivity index (χ3v) is 2.39. The Labute approximate surface area is 89.5 Å². The fourth-order valence-corrected chi connectivity index (χ4v) is 1.69. The van der Waals surface area contributed by atoms with Crippen LogP contribution in [0.2, 0.25) is 0 Å². The Hall–Kier alpha value is -1.11. The molecule has 0 fully saturated rings. The first-order valence-electron chi connectivity index (χ1n) is 4.34. The van der Waals surface area contributed by atoms with E-state index in [2.05, 4.69) is 4.72 Å². The molecule has 0 bridgehead atoms. The van der Waals surface area contributed by atoms with Gasteiger partial charge in [-0.05, 0) is 24.6 Å². The highest BCUT2D eigenvalue weighted by atomic mass is 32.2. The van der Waals surface area contributed by atoms with Crippen LogP contribution in [0.5, 0.6) is 0 Å². The molecule has 0 radical (unpaired) electrons. The largest absolute Gasteiger partial charge is 0.310 e. The lowest BCUT2D eigenvalue weighted by atomic mass is 10.0. The summed E-state index contributed by atoms with van der Waals surface area (Å²) < 4.78 is 24.3. The molecule has 0 aliphatic rings. The molecule has 6 heteroatoms. The molecule has 15 heavy (non-hydrogen) atoms. The van der Waals surface area contributed by atoms with Gasteiger partial charge in [0, 0.05) is 5.69 Å². The van der Waals surface area contributed by atoms with Crippen LogP contribution in [0.3, 0.4) is 0 Å². The highest BCUT2D eigenvalue weighted by Gasteiger charge is 2.15. The van der Waals surface area contributed by atoms with E-state index in [-0.39, 0.29) is 0 Å². The Balaban J connectivity index is 3.04. The van der Waals surface area contributed by atoms with Crippen molar-refractivity contribution in [3.63, 3.8) is 0 Å². The topological polar surface area (TPSA) is 98.2 Å². The Morgan fingerprint density at radius 3 is 2.40 bits per heavy atom. The summed E-state index contributed by atoms with van der Waals surface area (Å²) in [6.45, 7) is 1.65. The van der Waals surface area contributed by atoms with Crippen molar-refractivity contribution in [2.45, 2.75) is 12.6 Å². The molecule has 0 spiro atoms. The van der Waals surface area contributed by atoms with Gasteiger partial charge in [-0.1, -0.05) is 12.1 Å². The van der Waals surface area contributed by atoms with Gasteiger partial charge in [0.1, 0.15) is 0 Å². The number of hydrogen-bond donors (Lipinski definition) is 3. The highest BCUT2D eigenvalue weighted by molar-refractivity contribution is 7.92. The minimum atomic E-state index is -3.27. The van der Waals surface area contributed by atoms with Crippen LogP contribution < -0.4 is 16.2 Å². The predicted molar refractivity (Wildman–Crippen MR) is 60.6 cm³/mol. The maximum atomic E-state index is 11.0. The second-order valence-electron chi connectivity index (χ2n) is 3.74. The van der Waals surface area contributed by atoms with Gasteiger partial charge in [0.2, 0.25) is 10.0 Å². The Morgan fingerprint density at radius 2 is 1.93 bits per heavy atom. The molecule has 84 valence electrons. The average Bonchev–Trinajstić information content (AvgIpc) is 1.99. The quantitative estimate of drug-likeness (QED) is 0.642. The standard InChI is InChI=1S/C9H15N3O2S/c1-9(10,11)7-4-3-5-8(6-7)12-15(2,13)14/h3-6,12H,10-11H2,1-2H3. The van der Waals surface area contributed by atoms with Gasteiger partial charge in [0.15, 0.2) is 0 Å². The van der Waals surface area contributed by atoms with E-state index in [1.165, 1.54) is 0 Å². The van der Waals surface area contributed by atoms with Gasteiger partial charge in [-0.25, -0.2) is 8.42 Å². The van der Waals surface area contributed by atoms with Crippen LogP contribution in [0.25, 0.3) is 0 Å². The SMILES string of the molecule is CC(N)(N)c1cccc(NS(C)(=O)=O)c1. The van der Waals surface area contributed by atoms with E-state index < -0.39 is 15.7 Å². The average molecular weight is 229 g/mol. The number of anilines is 1. The summed E-state index contributed by atoms with van der Waals surface area (Å²) in [6.07, 6.45) is 1.09. The van der Waals surface area contributed by atoms with E-state index in [4.69, 9.17) is 11.5 Å². The molecule has 1 aromatic carbocycles. The molecule has 0 amide bonds. The Bertz CT molecular complexity index is 449. The lowest BCUT2D eigenvalue weighted by molar-refractivity contribution is 0.521. The van der Waals surface area contributed by atoms with E-state index in [9.17, 15) is 8.42 Å². The zero-order valence-electron chi connectivity index (χ0n) is 8.69. The first-order chi connectivity index (χ1) is 6.68. The van der Waals surface area contributed by atoms with Crippen molar-refractivity contribution in [2.24, 2.45) is 11.5 Å². The molecular formula is C9H15N3O2S. The fourth-order valence-electron chi connectivity index (χ4n) is 1.13. The first kappa shape index (κ1) is 12.0. The van der Waals surface area contributed by atoms with Crippen molar-refractivity contribution in [3.05, 3.63) is 29.8 Å². The van der Waals surface area contributed by atoms with Crippen LogP contribution in [-0.4, -0.2) is 14.7 Å². The first-order valence-corrected chi connectivity index (χ1v) is 6.24. The Morgan fingerprint density at radius 1 is 1.33 bits per heavy atom.